The fourth-order valence-corrected chi connectivity index (χ4v) is 12.7. The van der Waals surface area contributed by atoms with E-state index in [0.717, 1.165) is 17.1 Å². The van der Waals surface area contributed by atoms with Crippen molar-refractivity contribution in [3.05, 3.63) is 271 Å². The molecule has 4 aliphatic carbocycles. The molecule has 0 amide bonds. The van der Waals surface area contributed by atoms with Crippen LogP contribution >= 0.6 is 0 Å². The quantitative estimate of drug-likeness (QED) is 0.167. The van der Waals surface area contributed by atoms with Gasteiger partial charge in [-0.3, -0.25) is 0 Å². The van der Waals surface area contributed by atoms with Crippen molar-refractivity contribution >= 4 is 17.1 Å². The summed E-state index contributed by atoms with van der Waals surface area (Å²) in [5.74, 6) is 0. The Bertz CT molecular complexity index is 3840. The van der Waals surface area contributed by atoms with Crippen LogP contribution in [0.2, 0.25) is 0 Å². The number of rotatable bonds is 5. The second-order valence-corrected chi connectivity index (χ2v) is 18.6. The van der Waals surface area contributed by atoms with E-state index in [-0.39, 0.29) is 0 Å². The molecule has 0 N–H and O–H groups in total. The first kappa shape index (κ1) is 37.4. The van der Waals surface area contributed by atoms with Crippen LogP contribution in [0.25, 0.3) is 100 Å². The zero-order chi connectivity index (χ0) is 44.5. The molecule has 68 heavy (non-hydrogen) atoms. The number of nitrogens with zero attached hydrogens (tertiary/aromatic N) is 1. The van der Waals surface area contributed by atoms with E-state index in [1.54, 1.807) is 0 Å². The first-order valence-electron chi connectivity index (χ1n) is 23.8. The number of anilines is 3. The molecule has 0 atom stereocenters. The molecule has 0 radical (unpaired) electrons. The molecular formula is C67H41N. The molecule has 6 bridgehead atoms. The zero-order valence-electron chi connectivity index (χ0n) is 37.1. The van der Waals surface area contributed by atoms with Crippen molar-refractivity contribution in [3.63, 3.8) is 0 Å². The predicted octanol–water partition coefficient (Wildman–Crippen LogP) is 17.8. The summed E-state index contributed by atoms with van der Waals surface area (Å²) in [5, 5.41) is 0. The number of benzene rings is 11. The van der Waals surface area contributed by atoms with E-state index in [4.69, 9.17) is 0 Å². The van der Waals surface area contributed by atoms with Crippen molar-refractivity contribution in [3.8, 4) is 100 Å². The van der Waals surface area contributed by atoms with Crippen molar-refractivity contribution < 1.29 is 0 Å². The number of para-hydroxylation sites is 1. The average molecular weight is 860 g/mol. The van der Waals surface area contributed by atoms with E-state index >= 15 is 0 Å². The minimum Gasteiger partial charge on any atom is -0.309 e. The molecule has 0 fully saturated rings. The van der Waals surface area contributed by atoms with E-state index < -0.39 is 5.41 Å². The highest BCUT2D eigenvalue weighted by atomic mass is 15.1. The molecule has 0 aromatic heterocycles. The molecule has 0 unspecified atom stereocenters. The van der Waals surface area contributed by atoms with Gasteiger partial charge in [0.1, 0.15) is 0 Å². The SMILES string of the molecule is c1ccc(-c2ccccc2N(c2ccc(-c3ccc4c(c3)-c3c5cccc3-c3cccc-4c3-c3ccccc3-5)cc2)c2cccc3c2-c2ccccc2C32c3ccccc3-c3ccccc32)cc1. The van der Waals surface area contributed by atoms with Crippen LogP contribution < -0.4 is 4.90 Å². The minimum absolute atomic E-state index is 0.447. The Kier molecular flexibility index (Phi) is 7.77. The zero-order valence-corrected chi connectivity index (χ0v) is 37.1. The van der Waals surface area contributed by atoms with Crippen molar-refractivity contribution in [2.45, 2.75) is 5.41 Å². The number of fused-ring (bicyclic) bond motifs is 14. The molecule has 1 heteroatoms. The normalized spacial score (nSPS) is 13.1. The summed E-state index contributed by atoms with van der Waals surface area (Å²) in [4.78, 5) is 2.52. The monoisotopic (exact) mass is 859 g/mol. The van der Waals surface area contributed by atoms with Crippen LogP contribution in [0.1, 0.15) is 22.3 Å². The summed E-state index contributed by atoms with van der Waals surface area (Å²) in [5.41, 5.74) is 31.3. The maximum Gasteiger partial charge on any atom is 0.0726 e. The van der Waals surface area contributed by atoms with Crippen molar-refractivity contribution in [2.24, 2.45) is 0 Å². The van der Waals surface area contributed by atoms with E-state index in [2.05, 4.69) is 254 Å². The maximum absolute atomic E-state index is 2.52. The van der Waals surface area contributed by atoms with Crippen LogP contribution in [0.4, 0.5) is 17.1 Å². The lowest BCUT2D eigenvalue weighted by Crippen LogP contribution is -2.26. The van der Waals surface area contributed by atoms with Crippen molar-refractivity contribution in [2.75, 3.05) is 4.90 Å². The van der Waals surface area contributed by atoms with Crippen LogP contribution in [-0.2, 0) is 5.41 Å². The number of hydrogen-bond acceptors (Lipinski definition) is 1. The third kappa shape index (κ3) is 4.95. The number of hydrogen-bond donors (Lipinski definition) is 0. The van der Waals surface area contributed by atoms with Crippen molar-refractivity contribution in [1.82, 2.24) is 0 Å². The Morgan fingerprint density at radius 1 is 0.221 bits per heavy atom. The Morgan fingerprint density at radius 3 is 1.34 bits per heavy atom. The van der Waals surface area contributed by atoms with E-state index in [1.807, 2.05) is 0 Å². The molecule has 1 spiro atoms. The first-order chi connectivity index (χ1) is 33.8. The van der Waals surface area contributed by atoms with Crippen LogP contribution in [0.15, 0.2) is 249 Å². The van der Waals surface area contributed by atoms with Gasteiger partial charge in [0.15, 0.2) is 0 Å². The Balaban J connectivity index is 0.933. The van der Waals surface area contributed by atoms with E-state index in [0.29, 0.717) is 0 Å². The molecule has 0 saturated heterocycles. The summed E-state index contributed by atoms with van der Waals surface area (Å²) < 4.78 is 0. The summed E-state index contributed by atoms with van der Waals surface area (Å²) in [7, 11) is 0. The fraction of sp³-hybridized carbons (Fsp3) is 0.0149. The lowest BCUT2D eigenvalue weighted by atomic mass is 9.70. The molecule has 0 heterocycles. The van der Waals surface area contributed by atoms with Crippen LogP contribution in [-0.4, -0.2) is 0 Å². The topological polar surface area (TPSA) is 3.24 Å². The maximum atomic E-state index is 2.52. The highest BCUT2D eigenvalue weighted by Gasteiger charge is 2.52. The summed E-state index contributed by atoms with van der Waals surface area (Å²) in [6, 6.07) is 93.1. The Morgan fingerprint density at radius 2 is 0.662 bits per heavy atom. The summed E-state index contributed by atoms with van der Waals surface area (Å²) in [6.07, 6.45) is 0. The fourth-order valence-electron chi connectivity index (χ4n) is 12.7. The lowest BCUT2D eigenvalue weighted by Gasteiger charge is -2.32. The minimum atomic E-state index is -0.447. The van der Waals surface area contributed by atoms with Crippen LogP contribution in [0, 0.1) is 0 Å². The Labute approximate surface area is 396 Å². The van der Waals surface area contributed by atoms with Gasteiger partial charge in [-0.15, -0.1) is 0 Å². The third-order valence-corrected chi connectivity index (χ3v) is 15.4. The highest BCUT2D eigenvalue weighted by Crippen LogP contribution is 2.65. The van der Waals surface area contributed by atoms with E-state index in [1.165, 1.54) is 122 Å². The molecule has 11 aromatic rings. The van der Waals surface area contributed by atoms with Crippen LogP contribution in [0.3, 0.4) is 0 Å². The molecule has 15 rings (SSSR count). The molecule has 4 aliphatic rings. The van der Waals surface area contributed by atoms with Gasteiger partial charge in [0.25, 0.3) is 0 Å². The Hall–Kier alpha value is -8.78. The van der Waals surface area contributed by atoms with E-state index in [9.17, 15) is 0 Å². The average Bonchev–Trinajstić information content (AvgIpc) is 3.85. The molecule has 0 aliphatic heterocycles. The lowest BCUT2D eigenvalue weighted by molar-refractivity contribution is 0.794. The van der Waals surface area contributed by atoms with Gasteiger partial charge < -0.3 is 4.90 Å². The molecule has 1 nitrogen and oxygen atoms in total. The van der Waals surface area contributed by atoms with Gasteiger partial charge >= 0.3 is 0 Å². The van der Waals surface area contributed by atoms with Gasteiger partial charge in [0.2, 0.25) is 0 Å². The predicted molar refractivity (Wildman–Crippen MR) is 283 cm³/mol. The summed E-state index contributed by atoms with van der Waals surface area (Å²) >= 11 is 0. The standard InChI is InChI=1S/C67H41N/c1-2-17-43(18-3-1)46-19-9-13-33-62(46)68(63-34-16-32-61-66(63)56-24-8-12-31-60(56)67(61)58-29-10-6-21-49(58)50-22-7-11-30-59(50)67)45-38-35-42(36-39-45)44-37-40-48-53-26-15-27-54-55-28-14-25-52(65(55)57(48)41-44)47-20-4-5-23-51(47)64(53)54/h1-41H. The highest BCUT2D eigenvalue weighted by molar-refractivity contribution is 6.15. The van der Waals surface area contributed by atoms with Crippen molar-refractivity contribution in [1.29, 1.82) is 0 Å². The molecule has 314 valence electrons. The van der Waals surface area contributed by atoms with Gasteiger partial charge in [0, 0.05) is 16.8 Å². The molecule has 11 aromatic carbocycles. The van der Waals surface area contributed by atoms with Gasteiger partial charge in [-0.05, 0) is 142 Å². The summed E-state index contributed by atoms with van der Waals surface area (Å²) in [6.45, 7) is 0. The first-order valence-corrected chi connectivity index (χ1v) is 23.8. The van der Waals surface area contributed by atoms with Gasteiger partial charge in [-0.1, -0.05) is 218 Å². The largest absolute Gasteiger partial charge is 0.309 e. The third-order valence-electron chi connectivity index (χ3n) is 15.4. The van der Waals surface area contributed by atoms with Gasteiger partial charge in [0.05, 0.1) is 16.8 Å². The van der Waals surface area contributed by atoms with Crippen LogP contribution in [0.5, 0.6) is 0 Å². The molecular weight excluding hydrogens is 819 g/mol. The molecule has 0 saturated carbocycles. The smallest absolute Gasteiger partial charge is 0.0726 e. The van der Waals surface area contributed by atoms with Gasteiger partial charge in [-0.25, -0.2) is 0 Å². The second-order valence-electron chi connectivity index (χ2n) is 18.6. The van der Waals surface area contributed by atoms with Gasteiger partial charge in [-0.2, -0.15) is 0 Å². The second kappa shape index (κ2) is 14.1.